The van der Waals surface area contributed by atoms with Crippen molar-refractivity contribution in [1.29, 1.82) is 0 Å². The second-order valence-corrected chi connectivity index (χ2v) is 6.57. The van der Waals surface area contributed by atoms with Gasteiger partial charge in [0, 0.05) is 19.2 Å². The average molecular weight is 473 g/mol. The summed E-state index contributed by atoms with van der Waals surface area (Å²) in [5, 5.41) is 14.6. The van der Waals surface area contributed by atoms with E-state index in [1.807, 2.05) is 0 Å². The maximum atomic E-state index is 13.8. The van der Waals surface area contributed by atoms with Gasteiger partial charge in [-0.25, -0.2) is 9.07 Å². The summed E-state index contributed by atoms with van der Waals surface area (Å²) in [6.07, 6.45) is -5.07. The Balaban J connectivity index is 1.91. The fraction of sp³-hybridized carbons (Fsp3) is 0.167. The van der Waals surface area contributed by atoms with Gasteiger partial charge < -0.3 is 10.1 Å². The zero-order valence-corrected chi connectivity index (χ0v) is 16.8. The molecular weight excluding hydrogens is 460 g/mol. The molecule has 2 N–H and O–H groups in total. The average Bonchev–Trinajstić information content (AvgIpc) is 3.11. The minimum atomic E-state index is -5.07. The zero-order valence-electron chi connectivity index (χ0n) is 16.1. The van der Waals surface area contributed by atoms with E-state index in [1.165, 1.54) is 25.2 Å². The van der Waals surface area contributed by atoms with Gasteiger partial charge in [0.15, 0.2) is 0 Å². The predicted octanol–water partition coefficient (Wildman–Crippen LogP) is 3.08. The van der Waals surface area contributed by atoms with Crippen molar-refractivity contribution >= 4 is 29.4 Å². The number of aromatic nitrogens is 4. The third kappa shape index (κ3) is 5.29. The lowest BCUT2D eigenvalue weighted by Crippen LogP contribution is -2.26. The third-order valence-electron chi connectivity index (χ3n) is 4.06. The van der Waals surface area contributed by atoms with E-state index in [0.717, 1.165) is 22.9 Å². The van der Waals surface area contributed by atoms with E-state index in [9.17, 15) is 27.2 Å². The molecule has 0 aliphatic carbocycles. The molecule has 14 heteroatoms. The number of tetrazole rings is 1. The molecule has 0 fully saturated rings. The Morgan fingerprint density at radius 1 is 1.12 bits per heavy atom. The molecule has 2 aromatic carbocycles. The Bertz CT molecular complexity index is 1170. The Morgan fingerprint density at radius 3 is 2.47 bits per heavy atom. The summed E-state index contributed by atoms with van der Waals surface area (Å²) >= 11 is 6.19. The predicted molar refractivity (Wildman–Crippen MR) is 102 cm³/mol. The topological polar surface area (TPSA) is 111 Å². The van der Waals surface area contributed by atoms with Gasteiger partial charge in [-0.1, -0.05) is 28.8 Å². The standard InChI is InChI=1S/C18H13ClF4N6O3/c1-29-17(26-27-28-29)25-16(31)10-6-7-13(32-18(21,22)23)11(14(10)19)8-24-15(30)9-4-2-3-5-12(9)20/h2-7H,8H2,1H3,(H,24,30)(H,25,26,28,31). The molecule has 0 bridgehead atoms. The number of aryl methyl sites for hydroxylation is 1. The minimum absolute atomic E-state index is 0.0453. The lowest BCUT2D eigenvalue weighted by molar-refractivity contribution is -0.274. The highest BCUT2D eigenvalue weighted by Gasteiger charge is 2.33. The summed E-state index contributed by atoms with van der Waals surface area (Å²) in [5.41, 5.74) is -0.914. The molecule has 0 aliphatic heterocycles. The van der Waals surface area contributed by atoms with Crippen molar-refractivity contribution in [3.63, 3.8) is 0 Å². The molecule has 0 saturated carbocycles. The van der Waals surface area contributed by atoms with Crippen LogP contribution in [0.1, 0.15) is 26.3 Å². The Hall–Kier alpha value is -3.74. The van der Waals surface area contributed by atoms with Crippen molar-refractivity contribution in [1.82, 2.24) is 25.5 Å². The van der Waals surface area contributed by atoms with Crippen LogP contribution in [0.4, 0.5) is 23.5 Å². The highest BCUT2D eigenvalue weighted by molar-refractivity contribution is 6.35. The molecule has 0 unspecified atom stereocenters. The molecule has 1 heterocycles. The van der Waals surface area contributed by atoms with Crippen LogP contribution in [0.25, 0.3) is 0 Å². The first kappa shape index (κ1) is 22.9. The molecule has 168 valence electrons. The van der Waals surface area contributed by atoms with Gasteiger partial charge in [-0.3, -0.25) is 14.9 Å². The van der Waals surface area contributed by atoms with E-state index >= 15 is 0 Å². The maximum Gasteiger partial charge on any atom is 0.573 e. The van der Waals surface area contributed by atoms with E-state index in [1.54, 1.807) is 0 Å². The third-order valence-corrected chi connectivity index (χ3v) is 4.49. The highest BCUT2D eigenvalue weighted by Crippen LogP contribution is 2.34. The van der Waals surface area contributed by atoms with E-state index in [4.69, 9.17) is 11.6 Å². The number of nitrogens with zero attached hydrogens (tertiary/aromatic N) is 4. The second-order valence-electron chi connectivity index (χ2n) is 6.19. The van der Waals surface area contributed by atoms with Crippen LogP contribution in [0.15, 0.2) is 36.4 Å². The van der Waals surface area contributed by atoms with Crippen LogP contribution < -0.4 is 15.4 Å². The second kappa shape index (κ2) is 9.18. The van der Waals surface area contributed by atoms with Crippen molar-refractivity contribution < 1.29 is 31.9 Å². The molecule has 0 aliphatic rings. The van der Waals surface area contributed by atoms with Crippen LogP contribution in [0.3, 0.4) is 0 Å². The quantitative estimate of drug-likeness (QED) is 0.533. The zero-order chi connectivity index (χ0) is 23.5. The van der Waals surface area contributed by atoms with Gasteiger partial charge in [0.2, 0.25) is 5.95 Å². The van der Waals surface area contributed by atoms with Crippen molar-refractivity contribution in [3.05, 3.63) is 63.9 Å². The Labute approximate surface area is 182 Å². The first-order valence-electron chi connectivity index (χ1n) is 8.70. The van der Waals surface area contributed by atoms with E-state index in [0.29, 0.717) is 0 Å². The summed E-state index contributed by atoms with van der Waals surface area (Å²) in [6.45, 7) is -0.593. The number of nitrogens with one attached hydrogen (secondary N) is 2. The first-order chi connectivity index (χ1) is 15.1. The lowest BCUT2D eigenvalue weighted by atomic mass is 10.1. The number of rotatable bonds is 6. The van der Waals surface area contributed by atoms with Crippen LogP contribution >= 0.6 is 11.6 Å². The van der Waals surface area contributed by atoms with Gasteiger partial charge >= 0.3 is 6.36 Å². The number of alkyl halides is 3. The fourth-order valence-electron chi connectivity index (χ4n) is 2.58. The number of halogens is 5. The number of carbonyl (C=O) groups is 2. The monoisotopic (exact) mass is 472 g/mol. The molecule has 32 heavy (non-hydrogen) atoms. The van der Waals surface area contributed by atoms with Crippen molar-refractivity contribution in [2.45, 2.75) is 12.9 Å². The maximum absolute atomic E-state index is 13.8. The van der Waals surface area contributed by atoms with Gasteiger partial charge in [-0.2, -0.15) is 0 Å². The van der Waals surface area contributed by atoms with Gasteiger partial charge in [-0.05, 0) is 34.7 Å². The van der Waals surface area contributed by atoms with Gasteiger partial charge in [0.1, 0.15) is 11.6 Å². The van der Waals surface area contributed by atoms with Crippen molar-refractivity contribution in [2.75, 3.05) is 5.32 Å². The summed E-state index contributed by atoms with van der Waals surface area (Å²) in [6, 6.07) is 6.89. The summed E-state index contributed by atoms with van der Waals surface area (Å²) in [4.78, 5) is 24.8. The van der Waals surface area contributed by atoms with Crippen LogP contribution in [0, 0.1) is 5.82 Å². The van der Waals surface area contributed by atoms with Crippen LogP contribution in [0.2, 0.25) is 5.02 Å². The molecule has 3 aromatic rings. The normalized spacial score (nSPS) is 11.2. The molecule has 0 radical (unpaired) electrons. The van der Waals surface area contributed by atoms with Crippen LogP contribution in [-0.2, 0) is 13.6 Å². The Kier molecular flexibility index (Phi) is 6.58. The number of amides is 2. The van der Waals surface area contributed by atoms with E-state index in [-0.39, 0.29) is 22.6 Å². The molecular formula is C18H13ClF4N6O3. The van der Waals surface area contributed by atoms with Gasteiger partial charge in [0.25, 0.3) is 11.8 Å². The lowest BCUT2D eigenvalue weighted by Gasteiger charge is -2.17. The summed E-state index contributed by atoms with van der Waals surface area (Å²) in [5.74, 6) is -3.34. The number of anilines is 1. The van der Waals surface area contributed by atoms with E-state index in [2.05, 4.69) is 30.9 Å². The number of hydrogen-bond acceptors (Lipinski definition) is 6. The molecule has 0 atom stereocenters. The van der Waals surface area contributed by atoms with Crippen LogP contribution in [-0.4, -0.2) is 38.4 Å². The number of ether oxygens (including phenoxy) is 1. The highest BCUT2D eigenvalue weighted by atomic mass is 35.5. The number of benzene rings is 2. The minimum Gasteiger partial charge on any atom is -0.405 e. The van der Waals surface area contributed by atoms with E-state index < -0.39 is 41.3 Å². The fourth-order valence-corrected chi connectivity index (χ4v) is 2.89. The summed E-state index contributed by atoms with van der Waals surface area (Å²) in [7, 11) is 1.45. The number of carbonyl (C=O) groups excluding carboxylic acids is 2. The number of hydrogen-bond donors (Lipinski definition) is 2. The smallest absolute Gasteiger partial charge is 0.405 e. The molecule has 0 saturated heterocycles. The summed E-state index contributed by atoms with van der Waals surface area (Å²) < 4.78 is 57.4. The molecule has 3 rings (SSSR count). The van der Waals surface area contributed by atoms with Crippen molar-refractivity contribution in [3.8, 4) is 5.75 Å². The molecule has 0 spiro atoms. The SMILES string of the molecule is Cn1nnnc1NC(=O)c1ccc(OC(F)(F)F)c(CNC(=O)c2ccccc2F)c1Cl. The molecule has 1 aromatic heterocycles. The first-order valence-corrected chi connectivity index (χ1v) is 9.08. The van der Waals surface area contributed by atoms with Crippen molar-refractivity contribution in [2.24, 2.45) is 7.05 Å². The largest absolute Gasteiger partial charge is 0.573 e. The van der Waals surface area contributed by atoms with Gasteiger partial charge in [0.05, 0.1) is 16.1 Å². The Morgan fingerprint density at radius 2 is 1.84 bits per heavy atom. The van der Waals surface area contributed by atoms with Gasteiger partial charge in [-0.15, -0.1) is 13.2 Å². The van der Waals surface area contributed by atoms with Crippen LogP contribution in [0.5, 0.6) is 5.75 Å². The molecule has 2 amide bonds. The molecule has 9 nitrogen and oxygen atoms in total.